The molecule has 1 atom stereocenters. The Kier molecular flexibility index (Phi) is 6.29. The molecular weight excluding hydrogens is 243 g/mol. The maximum Gasteiger partial charge on any atom is 0.185 e. The molecule has 0 aliphatic carbocycles. The van der Waals surface area contributed by atoms with Crippen LogP contribution in [0.5, 0.6) is 0 Å². The molecule has 1 rings (SSSR count). The third kappa shape index (κ3) is 5.70. The van der Waals surface area contributed by atoms with Crippen molar-refractivity contribution in [1.82, 2.24) is 5.32 Å². The molecule has 0 radical (unpaired) electrons. The van der Waals surface area contributed by atoms with E-state index in [9.17, 15) is 4.39 Å². The second-order valence-electron chi connectivity index (χ2n) is 4.80. The van der Waals surface area contributed by atoms with Crippen molar-refractivity contribution in [2.75, 3.05) is 13.1 Å². The van der Waals surface area contributed by atoms with Gasteiger partial charge in [0.15, 0.2) is 12.3 Å². The number of nitrogens with zero attached hydrogens (tertiary/aromatic N) is 1. The molecule has 1 aromatic rings. The highest BCUT2D eigenvalue weighted by Crippen LogP contribution is 2.19. The molecule has 0 heterocycles. The molecule has 0 aliphatic heterocycles. The van der Waals surface area contributed by atoms with Crippen molar-refractivity contribution in [1.29, 1.82) is 0 Å². The van der Waals surface area contributed by atoms with Crippen LogP contribution >= 0.6 is 0 Å². The number of nitrogens with two attached hydrogens (primary N) is 2. The highest BCUT2D eigenvalue weighted by molar-refractivity contribution is 5.75. The lowest BCUT2D eigenvalue weighted by molar-refractivity contribution is 0.280. The fourth-order valence-electron chi connectivity index (χ4n) is 1.68. The Morgan fingerprint density at radius 2 is 1.79 bits per heavy atom. The summed E-state index contributed by atoms with van der Waals surface area (Å²) in [4.78, 5) is 3.83. The van der Waals surface area contributed by atoms with E-state index in [4.69, 9.17) is 11.5 Å². The minimum atomic E-state index is -1.15. The summed E-state index contributed by atoms with van der Waals surface area (Å²) in [6, 6.07) is 7.58. The van der Waals surface area contributed by atoms with Gasteiger partial charge in [-0.05, 0) is 24.4 Å². The third-order valence-electron chi connectivity index (χ3n) is 2.85. The molecule has 5 heteroatoms. The molecule has 4 nitrogen and oxygen atoms in total. The van der Waals surface area contributed by atoms with E-state index < -0.39 is 6.30 Å². The molecule has 19 heavy (non-hydrogen) atoms. The molecule has 0 bridgehead atoms. The van der Waals surface area contributed by atoms with E-state index in [2.05, 4.69) is 24.2 Å². The third-order valence-corrected chi connectivity index (χ3v) is 2.85. The van der Waals surface area contributed by atoms with E-state index in [-0.39, 0.29) is 5.96 Å². The number of alkyl halides is 1. The van der Waals surface area contributed by atoms with Crippen LogP contribution in [0.15, 0.2) is 29.3 Å². The average molecular weight is 266 g/mol. The second-order valence-corrected chi connectivity index (χ2v) is 4.80. The van der Waals surface area contributed by atoms with E-state index >= 15 is 0 Å². The van der Waals surface area contributed by atoms with Gasteiger partial charge in [0.25, 0.3) is 0 Å². The monoisotopic (exact) mass is 266 g/mol. The van der Waals surface area contributed by atoms with Crippen LogP contribution in [0.3, 0.4) is 0 Å². The Balaban J connectivity index is 2.37. The van der Waals surface area contributed by atoms with Crippen LogP contribution in [0.1, 0.15) is 43.6 Å². The minimum absolute atomic E-state index is 0.0704. The number of guanidine groups is 1. The normalized spacial score (nSPS) is 12.4. The average Bonchev–Trinajstić information content (AvgIpc) is 2.37. The van der Waals surface area contributed by atoms with Gasteiger partial charge < -0.3 is 11.5 Å². The maximum atomic E-state index is 13.9. The maximum absolute atomic E-state index is 13.9. The van der Waals surface area contributed by atoms with Gasteiger partial charge in [0.2, 0.25) is 0 Å². The van der Waals surface area contributed by atoms with Gasteiger partial charge in [-0.25, -0.2) is 4.39 Å². The van der Waals surface area contributed by atoms with Crippen LogP contribution in [-0.2, 0) is 0 Å². The number of hydrogen-bond acceptors (Lipinski definition) is 2. The van der Waals surface area contributed by atoms with Crippen molar-refractivity contribution in [3.05, 3.63) is 35.4 Å². The van der Waals surface area contributed by atoms with Crippen LogP contribution in [0, 0.1) is 0 Å². The van der Waals surface area contributed by atoms with Gasteiger partial charge in [0.05, 0.1) is 0 Å². The molecule has 0 saturated carbocycles. The van der Waals surface area contributed by atoms with Crippen LogP contribution in [-0.4, -0.2) is 19.0 Å². The van der Waals surface area contributed by atoms with E-state index in [1.165, 1.54) is 5.56 Å². The summed E-state index contributed by atoms with van der Waals surface area (Å²) in [5.41, 5.74) is 12.3. The van der Waals surface area contributed by atoms with Crippen LogP contribution in [0.25, 0.3) is 0 Å². The van der Waals surface area contributed by atoms with Crippen LogP contribution in [0.2, 0.25) is 0 Å². The van der Waals surface area contributed by atoms with Crippen molar-refractivity contribution in [3.8, 4) is 0 Å². The molecular formula is C14H23FN4. The number of benzene rings is 1. The van der Waals surface area contributed by atoms with Crippen LogP contribution in [0.4, 0.5) is 4.39 Å². The summed E-state index contributed by atoms with van der Waals surface area (Å²) in [5.74, 6) is 0.528. The Morgan fingerprint density at radius 1 is 1.21 bits per heavy atom. The molecule has 0 amide bonds. The van der Waals surface area contributed by atoms with Crippen molar-refractivity contribution in [2.45, 2.75) is 32.5 Å². The number of rotatable bonds is 7. The van der Waals surface area contributed by atoms with Gasteiger partial charge in [0.1, 0.15) is 0 Å². The number of nitrogens with one attached hydrogen (secondary N) is 1. The van der Waals surface area contributed by atoms with Crippen molar-refractivity contribution >= 4 is 5.96 Å². The highest BCUT2D eigenvalue weighted by Gasteiger charge is 2.08. The summed E-state index contributed by atoms with van der Waals surface area (Å²) < 4.78 is 13.9. The van der Waals surface area contributed by atoms with Crippen molar-refractivity contribution < 1.29 is 4.39 Å². The Morgan fingerprint density at radius 3 is 2.32 bits per heavy atom. The summed E-state index contributed by atoms with van der Waals surface area (Å²) in [5, 5.41) is 2.80. The standard InChI is InChI=1S/C14H23FN4/c1-10(2)11-4-6-12(7-5-11)13(15)18-8-3-9-19-14(16)17/h4-7,10,13,18H,3,8-9H2,1-2H3,(H4,16,17,19). The summed E-state index contributed by atoms with van der Waals surface area (Å²) >= 11 is 0. The lowest BCUT2D eigenvalue weighted by Crippen LogP contribution is -2.24. The lowest BCUT2D eigenvalue weighted by atomic mass is 10.0. The van der Waals surface area contributed by atoms with Crippen LogP contribution < -0.4 is 16.8 Å². The predicted molar refractivity (Wildman–Crippen MR) is 77.7 cm³/mol. The van der Waals surface area contributed by atoms with E-state index in [0.29, 0.717) is 31.0 Å². The lowest BCUT2D eigenvalue weighted by Gasteiger charge is -2.12. The smallest absolute Gasteiger partial charge is 0.185 e. The minimum Gasteiger partial charge on any atom is -0.370 e. The number of hydrogen-bond donors (Lipinski definition) is 3. The zero-order chi connectivity index (χ0) is 14.3. The van der Waals surface area contributed by atoms with Crippen molar-refractivity contribution in [2.24, 2.45) is 16.5 Å². The molecule has 1 unspecified atom stereocenters. The molecule has 0 saturated heterocycles. The van der Waals surface area contributed by atoms with Gasteiger partial charge in [-0.15, -0.1) is 0 Å². The zero-order valence-electron chi connectivity index (χ0n) is 11.6. The Bertz CT molecular complexity index is 396. The topological polar surface area (TPSA) is 76.4 Å². The first-order valence-corrected chi connectivity index (χ1v) is 6.53. The van der Waals surface area contributed by atoms with E-state index in [1.807, 2.05) is 24.3 Å². The SMILES string of the molecule is CC(C)c1ccc(C(F)NCCCN=C(N)N)cc1. The highest BCUT2D eigenvalue weighted by atomic mass is 19.1. The Labute approximate surface area is 114 Å². The van der Waals surface area contributed by atoms with Gasteiger partial charge in [-0.1, -0.05) is 38.1 Å². The van der Waals surface area contributed by atoms with Crippen molar-refractivity contribution in [3.63, 3.8) is 0 Å². The molecule has 0 spiro atoms. The second kappa shape index (κ2) is 7.74. The summed E-state index contributed by atoms with van der Waals surface area (Å²) in [7, 11) is 0. The van der Waals surface area contributed by atoms with Gasteiger partial charge >= 0.3 is 0 Å². The number of halogens is 1. The predicted octanol–water partition coefficient (Wildman–Crippen LogP) is 2.03. The molecule has 0 fully saturated rings. The summed E-state index contributed by atoms with van der Waals surface area (Å²) in [6.45, 7) is 5.27. The fraction of sp³-hybridized carbons (Fsp3) is 0.500. The molecule has 5 N–H and O–H groups in total. The van der Waals surface area contributed by atoms with Gasteiger partial charge in [-0.3, -0.25) is 10.3 Å². The van der Waals surface area contributed by atoms with E-state index in [0.717, 1.165) is 0 Å². The van der Waals surface area contributed by atoms with E-state index in [1.54, 1.807) is 0 Å². The molecule has 0 aromatic heterocycles. The largest absolute Gasteiger partial charge is 0.370 e. The zero-order valence-corrected chi connectivity index (χ0v) is 11.6. The quantitative estimate of drug-likeness (QED) is 0.306. The first-order chi connectivity index (χ1) is 9.00. The van der Waals surface area contributed by atoms with Gasteiger partial charge in [0, 0.05) is 12.1 Å². The number of aliphatic imine (C=N–C) groups is 1. The summed E-state index contributed by atoms with van der Waals surface area (Å²) in [6.07, 6.45) is -0.456. The first kappa shape index (κ1) is 15.4. The molecule has 0 aliphatic rings. The van der Waals surface area contributed by atoms with Gasteiger partial charge in [-0.2, -0.15) is 0 Å². The fourth-order valence-corrected chi connectivity index (χ4v) is 1.68. The molecule has 1 aromatic carbocycles. The first-order valence-electron chi connectivity index (χ1n) is 6.53. The Hall–Kier alpha value is -1.62. The molecule has 106 valence electrons.